The monoisotopic (exact) mass is 344 g/mol. The van der Waals surface area contributed by atoms with Crippen LogP contribution in [-0.2, 0) is 0 Å². The van der Waals surface area contributed by atoms with E-state index in [1.807, 2.05) is 6.07 Å². The molecule has 3 aromatic rings. The van der Waals surface area contributed by atoms with Crippen LogP contribution < -0.4 is 5.32 Å². The van der Waals surface area contributed by atoms with Crippen LogP contribution in [-0.4, -0.2) is 36.5 Å². The number of thiophene rings is 2. The van der Waals surface area contributed by atoms with Gasteiger partial charge in [0.15, 0.2) is 0 Å². The predicted molar refractivity (Wildman–Crippen MR) is 99.8 cm³/mol. The number of likely N-dealkylation sites (N-methyl/N-ethyl adjacent to an activating group) is 1. The topological polar surface area (TPSA) is 32.3 Å². The van der Waals surface area contributed by atoms with Gasteiger partial charge in [-0.05, 0) is 38.9 Å². The third-order valence-corrected chi connectivity index (χ3v) is 7.06. The summed E-state index contributed by atoms with van der Waals surface area (Å²) in [7, 11) is 2.15. The van der Waals surface area contributed by atoms with Crippen LogP contribution in [0.15, 0.2) is 30.3 Å². The first-order valence-corrected chi connectivity index (χ1v) is 9.68. The van der Waals surface area contributed by atoms with Crippen LogP contribution in [0.25, 0.3) is 19.5 Å². The number of amides is 1. The van der Waals surface area contributed by atoms with Gasteiger partial charge in [-0.1, -0.05) is 18.2 Å². The molecule has 1 unspecified atom stereocenters. The Kier molecular flexibility index (Phi) is 3.87. The molecule has 1 saturated carbocycles. The summed E-state index contributed by atoms with van der Waals surface area (Å²) >= 11 is 3.37. The fourth-order valence-electron chi connectivity index (χ4n) is 2.92. The maximum absolute atomic E-state index is 12.4. The van der Waals surface area contributed by atoms with Gasteiger partial charge in [-0.25, -0.2) is 0 Å². The SMILES string of the molecule is CC(CNC(=O)c1cc2sc3ccccc3c2s1)N(C)C1CC1. The van der Waals surface area contributed by atoms with Crippen molar-refractivity contribution in [2.24, 2.45) is 0 Å². The van der Waals surface area contributed by atoms with Crippen molar-refractivity contribution in [1.82, 2.24) is 10.2 Å². The Bertz CT molecular complexity index is 862. The average molecular weight is 345 g/mol. The number of benzene rings is 1. The standard InChI is InChI=1S/C18H20N2OS2/c1-11(20(2)12-7-8-12)10-19-18(21)16-9-15-17(23-16)13-5-3-4-6-14(13)22-15/h3-6,9,11-12H,7-8,10H2,1-2H3,(H,19,21). The van der Waals surface area contributed by atoms with Crippen molar-refractivity contribution in [3.05, 3.63) is 35.2 Å². The van der Waals surface area contributed by atoms with Crippen molar-refractivity contribution >= 4 is 48.1 Å². The van der Waals surface area contributed by atoms with Crippen molar-refractivity contribution in [2.75, 3.05) is 13.6 Å². The molecule has 0 saturated heterocycles. The highest BCUT2D eigenvalue weighted by molar-refractivity contribution is 7.33. The molecule has 3 nitrogen and oxygen atoms in total. The number of rotatable bonds is 5. The number of carbonyl (C=O) groups excluding carboxylic acids is 1. The minimum Gasteiger partial charge on any atom is -0.350 e. The molecule has 1 N–H and O–H groups in total. The summed E-state index contributed by atoms with van der Waals surface area (Å²) < 4.78 is 3.74. The molecule has 1 aromatic carbocycles. The van der Waals surface area contributed by atoms with Gasteiger partial charge in [-0.15, -0.1) is 22.7 Å². The zero-order valence-electron chi connectivity index (χ0n) is 13.3. The van der Waals surface area contributed by atoms with Crippen molar-refractivity contribution in [1.29, 1.82) is 0 Å². The normalized spacial score (nSPS) is 16.3. The molecule has 120 valence electrons. The van der Waals surface area contributed by atoms with E-state index in [1.54, 1.807) is 22.7 Å². The van der Waals surface area contributed by atoms with E-state index in [9.17, 15) is 4.79 Å². The molecule has 1 fully saturated rings. The molecular formula is C18H20N2OS2. The Balaban J connectivity index is 1.48. The molecule has 2 aromatic heterocycles. The Labute approximate surface area is 143 Å². The average Bonchev–Trinajstić information content (AvgIpc) is 3.23. The van der Waals surface area contributed by atoms with E-state index < -0.39 is 0 Å². The fourth-order valence-corrected chi connectivity index (χ4v) is 5.37. The number of nitrogens with zero attached hydrogens (tertiary/aromatic N) is 1. The Morgan fingerprint density at radius 2 is 2.09 bits per heavy atom. The lowest BCUT2D eigenvalue weighted by atomic mass is 10.2. The maximum Gasteiger partial charge on any atom is 0.261 e. The summed E-state index contributed by atoms with van der Waals surface area (Å²) in [6, 6.07) is 11.5. The summed E-state index contributed by atoms with van der Waals surface area (Å²) in [6.07, 6.45) is 2.59. The van der Waals surface area contributed by atoms with Gasteiger partial charge in [-0.3, -0.25) is 9.69 Å². The fraction of sp³-hybridized carbons (Fsp3) is 0.389. The molecule has 4 rings (SSSR count). The molecule has 1 aliphatic rings. The van der Waals surface area contributed by atoms with E-state index in [-0.39, 0.29) is 5.91 Å². The van der Waals surface area contributed by atoms with Gasteiger partial charge in [0.05, 0.1) is 9.58 Å². The van der Waals surface area contributed by atoms with E-state index in [2.05, 4.69) is 48.5 Å². The first-order chi connectivity index (χ1) is 11.1. The van der Waals surface area contributed by atoms with Crippen LogP contribution in [0.4, 0.5) is 0 Å². The molecule has 0 aliphatic heterocycles. The molecule has 5 heteroatoms. The Morgan fingerprint density at radius 1 is 1.30 bits per heavy atom. The third kappa shape index (κ3) is 2.89. The lowest BCUT2D eigenvalue weighted by Gasteiger charge is -2.24. The number of nitrogens with one attached hydrogen (secondary N) is 1. The maximum atomic E-state index is 12.4. The van der Waals surface area contributed by atoms with Crippen LogP contribution in [0.5, 0.6) is 0 Å². The summed E-state index contributed by atoms with van der Waals surface area (Å²) in [4.78, 5) is 15.6. The number of fused-ring (bicyclic) bond motifs is 3. The molecule has 0 bridgehead atoms. The Morgan fingerprint density at radius 3 is 2.87 bits per heavy atom. The first kappa shape index (κ1) is 15.1. The van der Waals surface area contributed by atoms with Gasteiger partial charge < -0.3 is 5.32 Å². The van der Waals surface area contributed by atoms with E-state index in [4.69, 9.17) is 0 Å². The van der Waals surface area contributed by atoms with Gasteiger partial charge >= 0.3 is 0 Å². The summed E-state index contributed by atoms with van der Waals surface area (Å²) in [5.74, 6) is 0.0542. The van der Waals surface area contributed by atoms with E-state index in [0.717, 1.165) is 10.9 Å². The minimum atomic E-state index is 0.0542. The highest BCUT2D eigenvalue weighted by Crippen LogP contribution is 2.39. The van der Waals surface area contributed by atoms with Crippen LogP contribution >= 0.6 is 22.7 Å². The van der Waals surface area contributed by atoms with Gasteiger partial charge in [0.2, 0.25) is 0 Å². The zero-order chi connectivity index (χ0) is 16.0. The van der Waals surface area contributed by atoms with Crippen LogP contribution in [0, 0.1) is 0 Å². The minimum absolute atomic E-state index is 0.0542. The van der Waals surface area contributed by atoms with Gasteiger partial charge in [0.25, 0.3) is 5.91 Å². The zero-order valence-corrected chi connectivity index (χ0v) is 15.0. The molecular weight excluding hydrogens is 324 g/mol. The van der Waals surface area contributed by atoms with E-state index in [1.165, 1.54) is 32.3 Å². The Hall–Kier alpha value is -1.43. The van der Waals surface area contributed by atoms with Crippen molar-refractivity contribution in [3.63, 3.8) is 0 Å². The van der Waals surface area contributed by atoms with Crippen LogP contribution in [0.2, 0.25) is 0 Å². The molecule has 23 heavy (non-hydrogen) atoms. The molecule has 1 aliphatic carbocycles. The second-order valence-electron chi connectivity index (χ2n) is 6.36. The van der Waals surface area contributed by atoms with Crippen LogP contribution in [0.1, 0.15) is 29.4 Å². The van der Waals surface area contributed by atoms with Gasteiger partial charge in [-0.2, -0.15) is 0 Å². The molecule has 0 radical (unpaired) electrons. The van der Waals surface area contributed by atoms with Crippen molar-refractivity contribution < 1.29 is 4.79 Å². The first-order valence-electron chi connectivity index (χ1n) is 8.04. The van der Waals surface area contributed by atoms with Crippen molar-refractivity contribution in [3.8, 4) is 0 Å². The molecule has 2 heterocycles. The van der Waals surface area contributed by atoms with E-state index >= 15 is 0 Å². The predicted octanol–water partition coefficient (Wildman–Crippen LogP) is 4.33. The van der Waals surface area contributed by atoms with Gasteiger partial charge in [0, 0.05) is 33.4 Å². The molecule has 1 atom stereocenters. The van der Waals surface area contributed by atoms with Crippen molar-refractivity contribution in [2.45, 2.75) is 31.8 Å². The summed E-state index contributed by atoms with van der Waals surface area (Å²) in [5.41, 5.74) is 0. The summed E-state index contributed by atoms with van der Waals surface area (Å²) in [5, 5.41) is 4.36. The quantitative estimate of drug-likeness (QED) is 0.747. The lowest BCUT2D eigenvalue weighted by Crippen LogP contribution is -2.41. The highest BCUT2D eigenvalue weighted by Gasteiger charge is 2.29. The number of carbonyl (C=O) groups is 1. The number of hydrogen-bond donors (Lipinski definition) is 1. The highest BCUT2D eigenvalue weighted by atomic mass is 32.1. The smallest absolute Gasteiger partial charge is 0.261 e. The number of hydrogen-bond acceptors (Lipinski definition) is 4. The molecule has 1 amide bonds. The second kappa shape index (κ2) is 5.89. The van der Waals surface area contributed by atoms with E-state index in [0.29, 0.717) is 12.6 Å². The third-order valence-electron chi connectivity index (χ3n) is 4.65. The lowest BCUT2D eigenvalue weighted by molar-refractivity contribution is 0.0943. The second-order valence-corrected chi connectivity index (χ2v) is 8.49. The molecule has 0 spiro atoms. The summed E-state index contributed by atoms with van der Waals surface area (Å²) in [6.45, 7) is 2.89. The van der Waals surface area contributed by atoms with Crippen LogP contribution in [0.3, 0.4) is 0 Å². The van der Waals surface area contributed by atoms with Gasteiger partial charge in [0.1, 0.15) is 0 Å². The largest absolute Gasteiger partial charge is 0.350 e.